The van der Waals surface area contributed by atoms with Gasteiger partial charge in [-0.05, 0) is 24.9 Å². The smallest absolute Gasteiger partial charge is 0.229 e. The highest BCUT2D eigenvalue weighted by molar-refractivity contribution is 4.99. The van der Waals surface area contributed by atoms with Crippen molar-refractivity contribution in [3.8, 4) is 0 Å². The molecular weight excluding hydrogens is 190 g/mol. The topological polar surface area (TPSA) is 51.0 Å². The predicted molar refractivity (Wildman–Crippen MR) is 57.6 cm³/mol. The van der Waals surface area contributed by atoms with Gasteiger partial charge in [0.2, 0.25) is 5.89 Å². The van der Waals surface area contributed by atoms with E-state index in [1.165, 1.54) is 0 Å². The Morgan fingerprint density at radius 2 is 2.13 bits per heavy atom. The monoisotopic (exact) mass is 209 g/mol. The molecule has 2 rings (SSSR count). The predicted octanol–water partition coefficient (Wildman–Crippen LogP) is 1.59. The Hall–Kier alpha value is -0.900. The van der Waals surface area contributed by atoms with E-state index in [0.717, 1.165) is 31.2 Å². The molecule has 1 unspecified atom stereocenters. The first-order chi connectivity index (χ1) is 7.16. The van der Waals surface area contributed by atoms with Crippen LogP contribution >= 0.6 is 0 Å². The first kappa shape index (κ1) is 10.6. The Kier molecular flexibility index (Phi) is 3.05. The average molecular weight is 209 g/mol. The van der Waals surface area contributed by atoms with Gasteiger partial charge in [-0.25, -0.2) is 0 Å². The molecule has 1 saturated heterocycles. The second kappa shape index (κ2) is 4.31. The molecule has 4 nitrogen and oxygen atoms in total. The molecule has 1 N–H and O–H groups in total. The lowest BCUT2D eigenvalue weighted by Crippen LogP contribution is -2.44. The second-order valence-electron chi connectivity index (χ2n) is 4.85. The summed E-state index contributed by atoms with van der Waals surface area (Å²) < 4.78 is 5.30. The summed E-state index contributed by atoms with van der Waals surface area (Å²) >= 11 is 0. The molecule has 4 heteroatoms. The van der Waals surface area contributed by atoms with E-state index in [4.69, 9.17) is 4.52 Å². The van der Waals surface area contributed by atoms with Crippen molar-refractivity contribution in [3.05, 3.63) is 11.7 Å². The zero-order valence-corrected chi connectivity index (χ0v) is 9.66. The summed E-state index contributed by atoms with van der Waals surface area (Å²) in [4.78, 5) is 4.45. The van der Waals surface area contributed by atoms with Crippen molar-refractivity contribution in [2.24, 2.45) is 11.8 Å². The van der Waals surface area contributed by atoms with Gasteiger partial charge in [0.25, 0.3) is 0 Å². The fourth-order valence-electron chi connectivity index (χ4n) is 1.77. The lowest BCUT2D eigenvalue weighted by atomic mass is 9.89. The van der Waals surface area contributed by atoms with Crippen LogP contribution in [0.2, 0.25) is 0 Å². The number of hydrogen-bond donors (Lipinski definition) is 1. The summed E-state index contributed by atoms with van der Waals surface area (Å²) in [6, 6.07) is 0. The van der Waals surface area contributed by atoms with Crippen LogP contribution in [0.15, 0.2) is 4.52 Å². The normalized spacial score (nSPS) is 19.2. The van der Waals surface area contributed by atoms with Gasteiger partial charge in [-0.2, -0.15) is 4.98 Å². The molecule has 0 aromatic carbocycles. The molecule has 0 aliphatic carbocycles. The quantitative estimate of drug-likeness (QED) is 0.818. The van der Waals surface area contributed by atoms with Crippen molar-refractivity contribution in [2.45, 2.75) is 33.1 Å². The van der Waals surface area contributed by atoms with E-state index in [9.17, 15) is 0 Å². The maximum Gasteiger partial charge on any atom is 0.229 e. The van der Waals surface area contributed by atoms with Gasteiger partial charge in [-0.3, -0.25) is 0 Å². The van der Waals surface area contributed by atoms with Crippen LogP contribution in [0.4, 0.5) is 0 Å². The number of aromatic nitrogens is 2. The maximum absolute atomic E-state index is 5.30. The van der Waals surface area contributed by atoms with Crippen molar-refractivity contribution >= 4 is 0 Å². The molecule has 0 radical (unpaired) electrons. The van der Waals surface area contributed by atoms with Crippen LogP contribution in [-0.4, -0.2) is 23.2 Å². The standard InChI is InChI=1S/C11H19N3O/c1-7(2)4-10-13-11(15-14-10)8(3)9-5-12-6-9/h7-9,12H,4-6H2,1-3H3. The molecule has 2 heterocycles. The Bertz CT molecular complexity index is 317. The first-order valence-corrected chi connectivity index (χ1v) is 5.70. The van der Waals surface area contributed by atoms with Crippen LogP contribution in [0.25, 0.3) is 0 Å². The molecule has 1 aliphatic heterocycles. The molecule has 1 aliphatic rings. The molecule has 1 aromatic rings. The minimum atomic E-state index is 0.389. The van der Waals surface area contributed by atoms with Gasteiger partial charge in [0, 0.05) is 12.3 Å². The molecule has 0 amide bonds. The summed E-state index contributed by atoms with van der Waals surface area (Å²) in [5.74, 6) is 3.28. The van der Waals surface area contributed by atoms with Crippen molar-refractivity contribution < 1.29 is 4.52 Å². The number of nitrogens with zero attached hydrogens (tertiary/aromatic N) is 2. The molecular formula is C11H19N3O. The minimum absolute atomic E-state index is 0.389. The fraction of sp³-hybridized carbons (Fsp3) is 0.818. The van der Waals surface area contributed by atoms with Gasteiger partial charge in [-0.1, -0.05) is 25.9 Å². The van der Waals surface area contributed by atoms with E-state index in [1.54, 1.807) is 0 Å². The zero-order chi connectivity index (χ0) is 10.8. The lowest BCUT2D eigenvalue weighted by Gasteiger charge is -2.30. The highest BCUT2D eigenvalue weighted by Gasteiger charge is 2.28. The maximum atomic E-state index is 5.30. The fourth-order valence-corrected chi connectivity index (χ4v) is 1.77. The van der Waals surface area contributed by atoms with Crippen LogP contribution < -0.4 is 5.32 Å². The number of hydrogen-bond acceptors (Lipinski definition) is 4. The van der Waals surface area contributed by atoms with Gasteiger partial charge in [-0.15, -0.1) is 0 Å². The van der Waals surface area contributed by atoms with E-state index in [-0.39, 0.29) is 0 Å². The summed E-state index contributed by atoms with van der Waals surface area (Å²) in [5.41, 5.74) is 0. The molecule has 15 heavy (non-hydrogen) atoms. The van der Waals surface area contributed by atoms with Crippen LogP contribution in [-0.2, 0) is 6.42 Å². The summed E-state index contributed by atoms with van der Waals surface area (Å²) in [6.07, 6.45) is 0.902. The van der Waals surface area contributed by atoms with Gasteiger partial charge >= 0.3 is 0 Å². The summed E-state index contributed by atoms with van der Waals surface area (Å²) in [5, 5.41) is 7.27. The zero-order valence-electron chi connectivity index (χ0n) is 9.66. The molecule has 1 aromatic heterocycles. The molecule has 1 atom stereocenters. The Morgan fingerprint density at radius 3 is 2.67 bits per heavy atom. The van der Waals surface area contributed by atoms with Crippen molar-refractivity contribution in [1.29, 1.82) is 0 Å². The molecule has 0 bridgehead atoms. The Morgan fingerprint density at radius 1 is 1.40 bits per heavy atom. The van der Waals surface area contributed by atoms with Gasteiger partial charge in [0.15, 0.2) is 5.82 Å². The molecule has 0 saturated carbocycles. The minimum Gasteiger partial charge on any atom is -0.339 e. The van der Waals surface area contributed by atoms with Gasteiger partial charge < -0.3 is 9.84 Å². The highest BCUT2D eigenvalue weighted by Crippen LogP contribution is 2.25. The van der Waals surface area contributed by atoms with E-state index >= 15 is 0 Å². The van der Waals surface area contributed by atoms with E-state index < -0.39 is 0 Å². The largest absolute Gasteiger partial charge is 0.339 e. The van der Waals surface area contributed by atoms with Crippen molar-refractivity contribution in [1.82, 2.24) is 15.5 Å². The third-order valence-corrected chi connectivity index (χ3v) is 2.98. The number of nitrogens with one attached hydrogen (secondary N) is 1. The lowest BCUT2D eigenvalue weighted by molar-refractivity contribution is 0.252. The summed E-state index contributed by atoms with van der Waals surface area (Å²) in [6.45, 7) is 8.63. The SMILES string of the molecule is CC(C)Cc1noc(C(C)C2CNC2)n1. The number of rotatable bonds is 4. The molecule has 0 spiro atoms. The third kappa shape index (κ3) is 2.37. The van der Waals surface area contributed by atoms with E-state index in [1.807, 2.05) is 0 Å². The second-order valence-corrected chi connectivity index (χ2v) is 4.85. The van der Waals surface area contributed by atoms with Crippen LogP contribution in [0.1, 0.15) is 38.4 Å². The Balaban J connectivity index is 1.99. The highest BCUT2D eigenvalue weighted by atomic mass is 16.5. The molecule has 1 fully saturated rings. The van der Waals surface area contributed by atoms with E-state index in [2.05, 4.69) is 36.2 Å². The summed E-state index contributed by atoms with van der Waals surface area (Å²) in [7, 11) is 0. The van der Waals surface area contributed by atoms with Crippen molar-refractivity contribution in [2.75, 3.05) is 13.1 Å². The van der Waals surface area contributed by atoms with Crippen LogP contribution in [0, 0.1) is 11.8 Å². The first-order valence-electron chi connectivity index (χ1n) is 5.70. The third-order valence-electron chi connectivity index (χ3n) is 2.98. The van der Waals surface area contributed by atoms with Crippen LogP contribution in [0.3, 0.4) is 0 Å². The van der Waals surface area contributed by atoms with E-state index in [0.29, 0.717) is 17.8 Å². The van der Waals surface area contributed by atoms with Crippen molar-refractivity contribution in [3.63, 3.8) is 0 Å². The Labute approximate surface area is 90.4 Å². The van der Waals surface area contributed by atoms with Gasteiger partial charge in [0.05, 0.1) is 0 Å². The molecule has 84 valence electrons. The van der Waals surface area contributed by atoms with Crippen LogP contribution in [0.5, 0.6) is 0 Å². The average Bonchev–Trinajstić information content (AvgIpc) is 2.48. The van der Waals surface area contributed by atoms with Gasteiger partial charge in [0.1, 0.15) is 0 Å².